The van der Waals surface area contributed by atoms with Crippen LogP contribution in [0.4, 0.5) is 26.3 Å². The number of halogens is 6. The third kappa shape index (κ3) is 4.38. The molecule has 2 aromatic carbocycles. The molecule has 27 heavy (non-hydrogen) atoms. The van der Waals surface area contributed by atoms with Gasteiger partial charge in [0.05, 0.1) is 11.1 Å². The average Bonchev–Trinajstić information content (AvgIpc) is 2.58. The predicted molar refractivity (Wildman–Crippen MR) is 88.7 cm³/mol. The second-order valence-corrected chi connectivity index (χ2v) is 8.16. The number of carbonyl (C=O) groups excluding carboxylic acids is 1. The van der Waals surface area contributed by atoms with E-state index in [-0.39, 0.29) is 5.30 Å². The second-order valence-electron chi connectivity index (χ2n) is 5.99. The summed E-state index contributed by atoms with van der Waals surface area (Å²) in [6, 6.07) is 6.52. The summed E-state index contributed by atoms with van der Waals surface area (Å²) in [5, 5.41) is -0.0717. The SMILES string of the molecule is CC(C)[P](=O)c1ccccc1C(=O)c1c(C(F)(F)F)cccc1C(F)(F)F. The average molecular weight is 407 g/mol. The fraction of sp³-hybridized carbons (Fsp3) is 0.278. The molecule has 0 aliphatic rings. The number of rotatable bonds is 4. The molecule has 9 heteroatoms. The van der Waals surface area contributed by atoms with E-state index in [2.05, 4.69) is 0 Å². The van der Waals surface area contributed by atoms with Crippen LogP contribution in [0.2, 0.25) is 0 Å². The van der Waals surface area contributed by atoms with Crippen LogP contribution >= 0.6 is 7.80 Å². The topological polar surface area (TPSA) is 34.1 Å². The van der Waals surface area contributed by atoms with Crippen molar-refractivity contribution in [1.29, 1.82) is 0 Å². The molecule has 0 aromatic heterocycles. The van der Waals surface area contributed by atoms with E-state index >= 15 is 0 Å². The first-order valence-electron chi connectivity index (χ1n) is 7.73. The highest BCUT2D eigenvalue weighted by molar-refractivity contribution is 7.54. The molecular formula is C18H14F6O2P. The van der Waals surface area contributed by atoms with Crippen molar-refractivity contribution < 1.29 is 35.7 Å². The minimum Gasteiger partial charge on any atom is -0.289 e. The lowest BCUT2D eigenvalue weighted by Crippen LogP contribution is -2.23. The Hall–Kier alpha value is -2.21. The molecular weight excluding hydrogens is 393 g/mol. The van der Waals surface area contributed by atoms with Gasteiger partial charge in [0, 0.05) is 22.1 Å². The molecule has 0 saturated heterocycles. The van der Waals surface area contributed by atoms with Crippen LogP contribution in [0.25, 0.3) is 0 Å². The van der Waals surface area contributed by atoms with Crippen molar-refractivity contribution >= 4 is 18.9 Å². The third-order valence-corrected chi connectivity index (χ3v) is 5.56. The van der Waals surface area contributed by atoms with Crippen LogP contribution in [0.15, 0.2) is 42.5 Å². The zero-order valence-electron chi connectivity index (χ0n) is 14.2. The van der Waals surface area contributed by atoms with Crippen molar-refractivity contribution in [3.05, 3.63) is 64.7 Å². The minimum absolute atomic E-state index is 0.0717. The van der Waals surface area contributed by atoms with Crippen molar-refractivity contribution in [2.75, 3.05) is 0 Å². The Morgan fingerprint density at radius 1 is 0.852 bits per heavy atom. The van der Waals surface area contributed by atoms with Gasteiger partial charge in [0.2, 0.25) is 0 Å². The lowest BCUT2D eigenvalue weighted by Gasteiger charge is -2.19. The van der Waals surface area contributed by atoms with Crippen LogP contribution in [-0.2, 0) is 16.9 Å². The Labute approximate surface area is 152 Å². The zero-order valence-corrected chi connectivity index (χ0v) is 15.0. The lowest BCUT2D eigenvalue weighted by molar-refractivity contribution is -0.143. The van der Waals surface area contributed by atoms with Gasteiger partial charge in [-0.1, -0.05) is 32.0 Å². The Morgan fingerprint density at radius 2 is 1.33 bits per heavy atom. The van der Waals surface area contributed by atoms with E-state index in [9.17, 15) is 35.7 Å². The smallest absolute Gasteiger partial charge is 0.289 e. The normalized spacial score (nSPS) is 13.0. The maximum Gasteiger partial charge on any atom is 0.417 e. The van der Waals surface area contributed by atoms with Crippen LogP contribution < -0.4 is 5.30 Å². The fourth-order valence-corrected chi connectivity index (χ4v) is 3.74. The number of benzene rings is 2. The van der Waals surface area contributed by atoms with Crippen LogP contribution in [-0.4, -0.2) is 11.4 Å². The highest BCUT2D eigenvalue weighted by atomic mass is 31.1. The standard InChI is InChI=1S/C18H14F6O2P/c1-10(2)27(26)14-9-4-3-6-11(14)16(25)15-12(17(19,20)21)7-5-8-13(15)18(22,23)24/h3-10H,1-2H3. The van der Waals surface area contributed by atoms with Gasteiger partial charge < -0.3 is 0 Å². The van der Waals surface area contributed by atoms with Gasteiger partial charge in [-0.2, -0.15) is 26.3 Å². The maximum atomic E-state index is 13.3. The van der Waals surface area contributed by atoms with Crippen molar-refractivity contribution in [1.82, 2.24) is 0 Å². The highest BCUT2D eigenvalue weighted by Gasteiger charge is 2.43. The molecule has 2 nitrogen and oxygen atoms in total. The Kier molecular flexibility index (Phi) is 5.80. The molecule has 0 aliphatic heterocycles. The summed E-state index contributed by atoms with van der Waals surface area (Å²) >= 11 is 0. The number of ketones is 1. The van der Waals surface area contributed by atoms with Gasteiger partial charge in [0.15, 0.2) is 5.78 Å². The maximum absolute atomic E-state index is 13.3. The summed E-state index contributed by atoms with van der Waals surface area (Å²) in [4.78, 5) is 12.8. The Morgan fingerprint density at radius 3 is 1.78 bits per heavy atom. The van der Waals surface area contributed by atoms with Crippen molar-refractivity contribution in [3.63, 3.8) is 0 Å². The van der Waals surface area contributed by atoms with E-state index in [1.807, 2.05) is 0 Å². The van der Waals surface area contributed by atoms with Crippen LogP contribution in [0.1, 0.15) is 40.9 Å². The van der Waals surface area contributed by atoms with Gasteiger partial charge in [0.1, 0.15) is 7.80 Å². The first kappa shape index (κ1) is 21.1. The summed E-state index contributed by atoms with van der Waals surface area (Å²) in [5.41, 5.74) is -5.74. The van der Waals surface area contributed by atoms with Gasteiger partial charge in [-0.3, -0.25) is 9.36 Å². The van der Waals surface area contributed by atoms with Crippen molar-refractivity contribution in [3.8, 4) is 0 Å². The number of carbonyl (C=O) groups is 1. The molecule has 0 amide bonds. The summed E-state index contributed by atoms with van der Waals surface area (Å²) in [6.45, 7) is 3.15. The molecule has 0 spiro atoms. The molecule has 1 unspecified atom stereocenters. The van der Waals surface area contributed by atoms with Gasteiger partial charge in [0.25, 0.3) is 0 Å². The van der Waals surface area contributed by atoms with Gasteiger partial charge in [-0.15, -0.1) is 0 Å². The molecule has 2 aromatic rings. The Balaban J connectivity index is 2.80. The molecule has 145 valence electrons. The van der Waals surface area contributed by atoms with E-state index in [4.69, 9.17) is 0 Å². The first-order valence-corrected chi connectivity index (χ1v) is 9.06. The molecule has 0 saturated carbocycles. The quantitative estimate of drug-likeness (QED) is 0.364. The van der Waals surface area contributed by atoms with Crippen molar-refractivity contribution in [2.24, 2.45) is 0 Å². The molecule has 1 atom stereocenters. The van der Waals surface area contributed by atoms with Crippen molar-refractivity contribution in [2.45, 2.75) is 31.9 Å². The minimum atomic E-state index is -5.17. The predicted octanol–water partition coefficient (Wildman–Crippen LogP) is 5.82. The van der Waals surface area contributed by atoms with E-state index in [1.165, 1.54) is 18.2 Å². The third-order valence-electron chi connectivity index (χ3n) is 3.76. The number of hydrogen-bond donors (Lipinski definition) is 0. The summed E-state index contributed by atoms with van der Waals surface area (Å²) < 4.78 is 92.2. The van der Waals surface area contributed by atoms with Crippen LogP contribution in [0, 0.1) is 0 Å². The molecule has 0 bridgehead atoms. The highest BCUT2D eigenvalue weighted by Crippen LogP contribution is 2.40. The molecule has 2 rings (SSSR count). The van der Waals surface area contributed by atoms with E-state index in [0.717, 1.165) is 6.07 Å². The fourth-order valence-electron chi connectivity index (χ4n) is 2.54. The van der Waals surface area contributed by atoms with Gasteiger partial charge in [-0.25, -0.2) is 0 Å². The van der Waals surface area contributed by atoms with Gasteiger partial charge >= 0.3 is 12.4 Å². The lowest BCUT2D eigenvalue weighted by atomic mass is 9.92. The van der Waals surface area contributed by atoms with E-state index in [1.54, 1.807) is 13.8 Å². The van der Waals surface area contributed by atoms with E-state index < -0.39 is 53.8 Å². The first-order chi connectivity index (χ1) is 12.4. The molecule has 0 aliphatic carbocycles. The molecule has 1 radical (unpaired) electrons. The molecule has 0 heterocycles. The summed E-state index contributed by atoms with van der Waals surface area (Å²) in [5.74, 6) is -1.46. The van der Waals surface area contributed by atoms with Gasteiger partial charge in [-0.05, 0) is 24.3 Å². The number of hydrogen-bond acceptors (Lipinski definition) is 2. The van der Waals surface area contributed by atoms with E-state index in [0.29, 0.717) is 18.2 Å². The second kappa shape index (κ2) is 7.43. The largest absolute Gasteiger partial charge is 0.417 e. The Bertz CT molecular complexity index is 852. The van der Waals surface area contributed by atoms with Crippen LogP contribution in [0.5, 0.6) is 0 Å². The number of alkyl halides is 6. The summed E-state index contributed by atoms with van der Waals surface area (Å²) in [6.07, 6.45) is -10.3. The zero-order chi connectivity index (χ0) is 20.6. The molecule has 0 N–H and O–H groups in total. The monoisotopic (exact) mass is 407 g/mol. The summed E-state index contributed by atoms with van der Waals surface area (Å²) in [7, 11) is -2.19. The van der Waals surface area contributed by atoms with Crippen LogP contribution in [0.3, 0.4) is 0 Å². The molecule has 0 fully saturated rings.